The molecule has 41 heavy (non-hydrogen) atoms. The Morgan fingerprint density at radius 2 is 1.61 bits per heavy atom. The third kappa shape index (κ3) is 12.7. The van der Waals surface area contributed by atoms with Crippen LogP contribution in [0.3, 0.4) is 0 Å². The van der Waals surface area contributed by atoms with E-state index in [-0.39, 0.29) is 25.7 Å². The Hall–Kier alpha value is -3.44. The van der Waals surface area contributed by atoms with Gasteiger partial charge in [-0.15, -0.1) is 0 Å². The Bertz CT molecular complexity index is 1130. The largest absolute Gasteiger partial charge is 0.467 e. The zero-order valence-corrected chi connectivity index (χ0v) is 25.2. The van der Waals surface area contributed by atoms with E-state index in [1.165, 1.54) is 47.1 Å². The van der Waals surface area contributed by atoms with Crippen LogP contribution < -0.4 is 0 Å². The fourth-order valence-corrected chi connectivity index (χ4v) is 4.83. The van der Waals surface area contributed by atoms with Crippen molar-refractivity contribution in [2.45, 2.75) is 72.1 Å². The molecule has 3 rings (SSSR count). The van der Waals surface area contributed by atoms with Crippen LogP contribution in [0.1, 0.15) is 76.8 Å². The lowest BCUT2D eigenvalue weighted by atomic mass is 9.82. The predicted octanol–water partition coefficient (Wildman–Crippen LogP) is 8.12. The summed E-state index contributed by atoms with van der Waals surface area (Å²) in [7, 11) is 0. The Morgan fingerprint density at radius 1 is 1.00 bits per heavy atom. The minimum absolute atomic E-state index is 0.00392. The number of carbonyl (C=O) groups excluding carboxylic acids is 2. The molecule has 1 aliphatic carbocycles. The number of hydrogen-bond donors (Lipinski definition) is 1. The topological polar surface area (TPSA) is 72.8 Å². The molecule has 0 spiro atoms. The van der Waals surface area contributed by atoms with Gasteiger partial charge in [-0.2, -0.15) is 0 Å². The average molecular weight is 561 g/mol. The number of aliphatic hydroxyl groups is 1. The maximum absolute atomic E-state index is 11.7. The Balaban J connectivity index is 0.00000108. The van der Waals surface area contributed by atoms with E-state index in [9.17, 15) is 9.59 Å². The van der Waals surface area contributed by atoms with E-state index in [1.807, 2.05) is 0 Å². The molecule has 5 nitrogen and oxygen atoms in total. The monoisotopic (exact) mass is 560 g/mol. The van der Waals surface area contributed by atoms with Crippen molar-refractivity contribution >= 4 is 18.0 Å². The average Bonchev–Trinajstić information content (AvgIpc) is 2.99. The third-order valence-corrected chi connectivity index (χ3v) is 7.27. The van der Waals surface area contributed by atoms with E-state index in [0.717, 1.165) is 37.7 Å². The van der Waals surface area contributed by atoms with Gasteiger partial charge in [0, 0.05) is 11.5 Å². The van der Waals surface area contributed by atoms with E-state index < -0.39 is 5.97 Å². The molecule has 1 N–H and O–H groups in total. The van der Waals surface area contributed by atoms with Gasteiger partial charge in [0.2, 0.25) is 0 Å². The zero-order chi connectivity index (χ0) is 30.0. The summed E-state index contributed by atoms with van der Waals surface area (Å²) in [5, 5.41) is 8.04. The maximum atomic E-state index is 11.7. The molecule has 2 atom stereocenters. The van der Waals surface area contributed by atoms with Crippen LogP contribution in [0.2, 0.25) is 0 Å². The number of hydrogen-bond acceptors (Lipinski definition) is 5. The highest BCUT2D eigenvalue weighted by Crippen LogP contribution is 2.34. The SMILES string of the molecule is C=C(C)C(=O)OCC(COC=O)CC1CC=C(c2ccc(-c3ccc(CCCCC)cc3)cc2)CC1.C=C(C)CO. The smallest absolute Gasteiger partial charge is 0.333 e. The summed E-state index contributed by atoms with van der Waals surface area (Å²) in [6.45, 7) is 13.8. The van der Waals surface area contributed by atoms with E-state index in [2.05, 4.69) is 74.7 Å². The fraction of sp³-hybridized carbons (Fsp3) is 0.444. The first kappa shape index (κ1) is 33.8. The van der Waals surface area contributed by atoms with Gasteiger partial charge in [-0.3, -0.25) is 4.79 Å². The number of rotatable bonds is 15. The van der Waals surface area contributed by atoms with E-state index in [4.69, 9.17) is 14.6 Å². The summed E-state index contributed by atoms with van der Waals surface area (Å²) in [5.41, 5.74) is 7.78. The molecule has 0 bridgehead atoms. The maximum Gasteiger partial charge on any atom is 0.333 e. The minimum atomic E-state index is -0.400. The summed E-state index contributed by atoms with van der Waals surface area (Å²) >= 11 is 0. The van der Waals surface area contributed by atoms with Gasteiger partial charge < -0.3 is 14.6 Å². The lowest BCUT2D eigenvalue weighted by molar-refractivity contribution is -0.141. The first-order chi connectivity index (χ1) is 19.8. The van der Waals surface area contributed by atoms with Crippen molar-refractivity contribution in [1.82, 2.24) is 0 Å². The molecule has 0 amide bonds. The number of carbonyl (C=O) groups is 2. The first-order valence-electron chi connectivity index (χ1n) is 14.8. The second-order valence-electron chi connectivity index (χ2n) is 11.1. The number of benzene rings is 2. The molecule has 0 aromatic heterocycles. The summed E-state index contributed by atoms with van der Waals surface area (Å²) in [5.74, 6) is 0.0757. The molecule has 0 aliphatic heterocycles. The molecular weight excluding hydrogens is 512 g/mol. The molecule has 2 unspecified atom stereocenters. The number of ether oxygens (including phenoxy) is 2. The van der Waals surface area contributed by atoms with E-state index in [1.54, 1.807) is 13.8 Å². The molecule has 0 radical (unpaired) electrons. The summed E-state index contributed by atoms with van der Waals surface area (Å²) in [6.07, 6.45) is 11.2. The molecule has 222 valence electrons. The molecule has 1 aliphatic rings. The van der Waals surface area contributed by atoms with Crippen LogP contribution in [0.15, 0.2) is 78.9 Å². The number of allylic oxidation sites excluding steroid dienone is 2. The van der Waals surface area contributed by atoms with Crippen LogP contribution in [0.5, 0.6) is 0 Å². The molecule has 0 saturated heterocycles. The van der Waals surface area contributed by atoms with Crippen molar-refractivity contribution in [3.8, 4) is 11.1 Å². The van der Waals surface area contributed by atoms with Crippen LogP contribution in [0.25, 0.3) is 16.7 Å². The minimum Gasteiger partial charge on any atom is -0.467 e. The van der Waals surface area contributed by atoms with Gasteiger partial charge in [-0.25, -0.2) is 4.79 Å². The van der Waals surface area contributed by atoms with Gasteiger partial charge in [-0.1, -0.05) is 93.1 Å². The van der Waals surface area contributed by atoms with Gasteiger partial charge in [-0.05, 0) is 86.1 Å². The third-order valence-electron chi connectivity index (χ3n) is 7.27. The molecular formula is C36H48O5. The second kappa shape index (κ2) is 18.8. The van der Waals surface area contributed by atoms with Crippen LogP contribution in [0, 0.1) is 11.8 Å². The Morgan fingerprint density at radius 3 is 2.12 bits per heavy atom. The second-order valence-corrected chi connectivity index (χ2v) is 11.1. The van der Waals surface area contributed by atoms with Crippen molar-refractivity contribution < 1.29 is 24.2 Å². The van der Waals surface area contributed by atoms with Crippen LogP contribution >= 0.6 is 0 Å². The highest BCUT2D eigenvalue weighted by molar-refractivity contribution is 5.86. The van der Waals surface area contributed by atoms with Crippen molar-refractivity contribution in [3.05, 3.63) is 90.0 Å². The zero-order valence-electron chi connectivity index (χ0n) is 25.2. The molecule has 2 aromatic carbocycles. The van der Waals surface area contributed by atoms with Crippen LogP contribution in [-0.2, 0) is 25.5 Å². The summed E-state index contributed by atoms with van der Waals surface area (Å²) < 4.78 is 10.3. The molecule has 0 heterocycles. The molecule has 2 aromatic rings. The van der Waals surface area contributed by atoms with Gasteiger partial charge >= 0.3 is 5.97 Å². The quantitative estimate of drug-likeness (QED) is 0.0783. The normalized spacial score (nSPS) is 15.0. The number of aryl methyl sites for hydroxylation is 1. The van der Waals surface area contributed by atoms with Gasteiger partial charge in [0.1, 0.15) is 0 Å². The van der Waals surface area contributed by atoms with Crippen LogP contribution in [0.4, 0.5) is 0 Å². The van der Waals surface area contributed by atoms with Crippen LogP contribution in [-0.4, -0.2) is 37.4 Å². The Labute approximate surface area is 247 Å². The lowest BCUT2D eigenvalue weighted by Gasteiger charge is -2.26. The fourth-order valence-electron chi connectivity index (χ4n) is 4.83. The number of unbranched alkanes of at least 4 members (excludes halogenated alkanes) is 2. The first-order valence-corrected chi connectivity index (χ1v) is 14.8. The van der Waals surface area contributed by atoms with E-state index >= 15 is 0 Å². The van der Waals surface area contributed by atoms with E-state index in [0.29, 0.717) is 18.0 Å². The van der Waals surface area contributed by atoms with Gasteiger partial charge in [0.05, 0.1) is 19.8 Å². The molecule has 0 saturated carbocycles. The van der Waals surface area contributed by atoms with Crippen molar-refractivity contribution in [1.29, 1.82) is 0 Å². The standard InChI is InChI=1S/C32H40O4.C4H8O/c1-4-5-6-7-25-8-12-28(13-9-25)30-16-18-31(19-17-30)29-14-10-26(11-15-29)20-27(21-35-23-33)22-36-32(34)24(2)3;1-4(2)3-5/h8-9,12-14,16-19,23,26-27H,2,4-7,10-11,15,20-22H2,1,3H3;5H,1,3H2,2H3. The highest BCUT2D eigenvalue weighted by Gasteiger charge is 2.22. The summed E-state index contributed by atoms with van der Waals surface area (Å²) in [4.78, 5) is 22.4. The van der Waals surface area contributed by atoms with Crippen molar-refractivity contribution in [2.75, 3.05) is 19.8 Å². The molecule has 0 fully saturated rings. The lowest BCUT2D eigenvalue weighted by Crippen LogP contribution is -2.22. The van der Waals surface area contributed by atoms with Crippen molar-refractivity contribution in [2.24, 2.45) is 11.8 Å². The number of esters is 1. The van der Waals surface area contributed by atoms with Gasteiger partial charge in [0.25, 0.3) is 6.47 Å². The Kier molecular flexibility index (Phi) is 15.5. The predicted molar refractivity (Wildman–Crippen MR) is 168 cm³/mol. The summed E-state index contributed by atoms with van der Waals surface area (Å²) in [6, 6.07) is 17.9. The highest BCUT2D eigenvalue weighted by atomic mass is 16.5. The van der Waals surface area contributed by atoms with Gasteiger partial charge in [0.15, 0.2) is 0 Å². The van der Waals surface area contributed by atoms with Crippen molar-refractivity contribution in [3.63, 3.8) is 0 Å². The molecule has 5 heteroatoms. The number of aliphatic hydroxyl groups excluding tert-OH is 1.